The van der Waals surface area contributed by atoms with Gasteiger partial charge in [-0.05, 0) is 24.8 Å². The summed E-state index contributed by atoms with van der Waals surface area (Å²) in [4.78, 5) is 0. The quantitative estimate of drug-likeness (QED) is 0.886. The lowest BCUT2D eigenvalue weighted by molar-refractivity contribution is 0.392. The molecule has 1 aliphatic heterocycles. The molecule has 2 rings (SSSR count). The number of hydrogen-bond acceptors (Lipinski definition) is 2. The Morgan fingerprint density at radius 1 is 1.28 bits per heavy atom. The van der Waals surface area contributed by atoms with Crippen LogP contribution >= 0.6 is 0 Å². The highest BCUT2D eigenvalue weighted by atomic mass is 32.2. The second-order valence-corrected chi connectivity index (χ2v) is 6.74. The van der Waals surface area contributed by atoms with Crippen molar-refractivity contribution in [1.29, 1.82) is 0 Å². The zero-order valence-electron chi connectivity index (χ0n) is 11.1. The highest BCUT2D eigenvalue weighted by molar-refractivity contribution is 7.85. The summed E-state index contributed by atoms with van der Waals surface area (Å²) < 4.78 is 11.4. The fourth-order valence-corrected chi connectivity index (χ4v) is 3.86. The second kappa shape index (κ2) is 7.05. The predicted molar refractivity (Wildman–Crippen MR) is 78.1 cm³/mol. The topological polar surface area (TPSA) is 29.1 Å². The Hall–Kier alpha value is -0.670. The fourth-order valence-electron chi connectivity index (χ4n) is 2.57. The molecule has 0 saturated carbocycles. The van der Waals surface area contributed by atoms with Crippen LogP contribution in [0.2, 0.25) is 0 Å². The molecule has 18 heavy (non-hydrogen) atoms. The van der Waals surface area contributed by atoms with Crippen molar-refractivity contribution < 1.29 is 4.21 Å². The molecule has 1 heterocycles. The van der Waals surface area contributed by atoms with Crippen LogP contribution in [-0.4, -0.2) is 21.8 Å². The third kappa shape index (κ3) is 3.92. The van der Waals surface area contributed by atoms with Crippen molar-refractivity contribution in [2.75, 3.05) is 11.5 Å². The van der Waals surface area contributed by atoms with Crippen molar-refractivity contribution in [3.05, 3.63) is 35.9 Å². The Morgan fingerprint density at radius 3 is 2.56 bits per heavy atom. The highest BCUT2D eigenvalue weighted by Gasteiger charge is 2.21. The zero-order valence-corrected chi connectivity index (χ0v) is 11.9. The normalized spacial score (nSPS) is 25.8. The van der Waals surface area contributed by atoms with E-state index in [0.29, 0.717) is 12.1 Å². The first-order valence-electron chi connectivity index (χ1n) is 6.95. The van der Waals surface area contributed by atoms with Gasteiger partial charge in [-0.3, -0.25) is 4.21 Å². The number of rotatable bonds is 5. The van der Waals surface area contributed by atoms with Gasteiger partial charge >= 0.3 is 0 Å². The van der Waals surface area contributed by atoms with Gasteiger partial charge in [0.2, 0.25) is 0 Å². The molecular weight excluding hydrogens is 242 g/mol. The van der Waals surface area contributed by atoms with Crippen LogP contribution in [0.1, 0.15) is 44.2 Å². The molecule has 0 bridgehead atoms. The van der Waals surface area contributed by atoms with Gasteiger partial charge in [0.05, 0.1) is 0 Å². The van der Waals surface area contributed by atoms with Crippen molar-refractivity contribution in [2.45, 2.75) is 44.7 Å². The fraction of sp³-hybridized carbons (Fsp3) is 0.600. The zero-order chi connectivity index (χ0) is 12.8. The van der Waals surface area contributed by atoms with Gasteiger partial charge in [-0.25, -0.2) is 0 Å². The van der Waals surface area contributed by atoms with Crippen LogP contribution in [0.15, 0.2) is 30.3 Å². The SMILES string of the molecule is CCCC(NC1CCS(=O)CC1)c1ccccc1. The maximum absolute atomic E-state index is 11.4. The maximum Gasteiger partial charge on any atom is 0.0322 e. The first-order valence-corrected chi connectivity index (χ1v) is 8.44. The van der Waals surface area contributed by atoms with Crippen molar-refractivity contribution in [1.82, 2.24) is 5.32 Å². The number of hydrogen-bond donors (Lipinski definition) is 1. The Balaban J connectivity index is 1.96. The van der Waals surface area contributed by atoms with Crippen LogP contribution in [0.4, 0.5) is 0 Å². The second-order valence-electron chi connectivity index (χ2n) is 5.04. The van der Waals surface area contributed by atoms with Gasteiger partial charge in [0, 0.05) is 34.4 Å². The minimum absolute atomic E-state index is 0.452. The molecule has 1 aromatic rings. The highest BCUT2D eigenvalue weighted by Crippen LogP contribution is 2.21. The summed E-state index contributed by atoms with van der Waals surface area (Å²) in [6, 6.07) is 11.7. The van der Waals surface area contributed by atoms with E-state index in [0.717, 1.165) is 24.3 Å². The van der Waals surface area contributed by atoms with E-state index in [4.69, 9.17) is 0 Å². The molecule has 1 saturated heterocycles. The molecule has 1 N–H and O–H groups in total. The lowest BCUT2D eigenvalue weighted by atomic mass is 10.00. The molecule has 2 nitrogen and oxygen atoms in total. The van der Waals surface area contributed by atoms with Crippen LogP contribution in [0.5, 0.6) is 0 Å². The summed E-state index contributed by atoms with van der Waals surface area (Å²) in [5.74, 6) is 1.73. The minimum Gasteiger partial charge on any atom is -0.307 e. The van der Waals surface area contributed by atoms with E-state index in [-0.39, 0.29) is 0 Å². The Morgan fingerprint density at radius 2 is 1.94 bits per heavy atom. The number of benzene rings is 1. The maximum atomic E-state index is 11.4. The van der Waals surface area contributed by atoms with Crippen LogP contribution in [0, 0.1) is 0 Å². The first-order chi connectivity index (χ1) is 8.79. The lowest BCUT2D eigenvalue weighted by Crippen LogP contribution is -2.38. The molecular formula is C15H23NOS. The van der Waals surface area contributed by atoms with Crippen molar-refractivity contribution in [2.24, 2.45) is 0 Å². The van der Waals surface area contributed by atoms with Gasteiger partial charge < -0.3 is 5.32 Å². The smallest absolute Gasteiger partial charge is 0.0322 e. The van der Waals surface area contributed by atoms with Gasteiger partial charge in [0.15, 0.2) is 0 Å². The Labute approximate surface area is 113 Å². The average Bonchev–Trinajstić information content (AvgIpc) is 2.42. The first kappa shape index (κ1) is 13.8. The molecule has 1 fully saturated rings. The summed E-state index contributed by atoms with van der Waals surface area (Å²) in [6.45, 7) is 2.23. The van der Waals surface area contributed by atoms with Crippen LogP contribution in [0.3, 0.4) is 0 Å². The van der Waals surface area contributed by atoms with E-state index in [1.165, 1.54) is 18.4 Å². The van der Waals surface area contributed by atoms with Crippen LogP contribution < -0.4 is 5.32 Å². The van der Waals surface area contributed by atoms with E-state index in [1.807, 2.05) is 0 Å². The molecule has 1 aromatic carbocycles. The third-order valence-corrected chi connectivity index (χ3v) is 4.99. The van der Waals surface area contributed by atoms with Crippen LogP contribution in [0.25, 0.3) is 0 Å². The molecule has 0 amide bonds. The standard InChI is InChI=1S/C15H23NOS/c1-2-6-15(13-7-4-3-5-8-13)16-14-9-11-18(17)12-10-14/h3-5,7-8,14-16H,2,6,9-12H2,1H3. The van der Waals surface area contributed by atoms with Gasteiger partial charge in [-0.15, -0.1) is 0 Å². The van der Waals surface area contributed by atoms with E-state index in [2.05, 4.69) is 42.6 Å². The van der Waals surface area contributed by atoms with Crippen LogP contribution in [-0.2, 0) is 10.8 Å². The Kier molecular flexibility index (Phi) is 5.39. The van der Waals surface area contributed by atoms with E-state index >= 15 is 0 Å². The third-order valence-electron chi connectivity index (χ3n) is 3.60. The van der Waals surface area contributed by atoms with E-state index in [1.54, 1.807) is 0 Å². The van der Waals surface area contributed by atoms with Crippen molar-refractivity contribution in [3.63, 3.8) is 0 Å². The van der Waals surface area contributed by atoms with E-state index in [9.17, 15) is 4.21 Å². The molecule has 1 aliphatic rings. The van der Waals surface area contributed by atoms with E-state index < -0.39 is 10.8 Å². The van der Waals surface area contributed by atoms with Gasteiger partial charge in [0.1, 0.15) is 0 Å². The predicted octanol–water partition coefficient (Wildman–Crippen LogP) is 3.03. The van der Waals surface area contributed by atoms with Crippen molar-refractivity contribution in [3.8, 4) is 0 Å². The minimum atomic E-state index is -0.564. The monoisotopic (exact) mass is 265 g/mol. The van der Waals surface area contributed by atoms with Gasteiger partial charge in [-0.1, -0.05) is 43.7 Å². The summed E-state index contributed by atoms with van der Waals surface area (Å²) >= 11 is 0. The summed E-state index contributed by atoms with van der Waals surface area (Å²) in [5, 5.41) is 3.76. The lowest BCUT2D eigenvalue weighted by Gasteiger charge is -2.28. The molecule has 0 radical (unpaired) electrons. The molecule has 3 heteroatoms. The molecule has 0 aromatic heterocycles. The molecule has 100 valence electrons. The molecule has 0 spiro atoms. The molecule has 1 atom stereocenters. The van der Waals surface area contributed by atoms with Gasteiger partial charge in [-0.2, -0.15) is 0 Å². The number of nitrogens with one attached hydrogen (secondary N) is 1. The summed E-state index contributed by atoms with van der Waals surface area (Å²) in [6.07, 6.45) is 4.47. The van der Waals surface area contributed by atoms with Gasteiger partial charge in [0.25, 0.3) is 0 Å². The molecule has 1 unspecified atom stereocenters. The Bertz CT molecular complexity index is 369. The summed E-state index contributed by atoms with van der Waals surface area (Å²) in [5.41, 5.74) is 1.38. The average molecular weight is 265 g/mol. The summed E-state index contributed by atoms with van der Waals surface area (Å²) in [7, 11) is -0.564. The largest absolute Gasteiger partial charge is 0.307 e. The van der Waals surface area contributed by atoms with Crippen molar-refractivity contribution >= 4 is 10.8 Å². The molecule has 0 aliphatic carbocycles.